The van der Waals surface area contributed by atoms with Gasteiger partial charge in [-0.1, -0.05) is 35.0 Å². The van der Waals surface area contributed by atoms with Gasteiger partial charge in [0.25, 0.3) is 11.6 Å². The second-order valence-electron chi connectivity index (χ2n) is 8.19. The molecule has 0 aromatic heterocycles. The summed E-state index contributed by atoms with van der Waals surface area (Å²) in [6.07, 6.45) is 1.64. The van der Waals surface area contributed by atoms with Gasteiger partial charge in [-0.3, -0.25) is 14.9 Å². The zero-order chi connectivity index (χ0) is 29.7. The Morgan fingerprint density at radius 3 is 2.54 bits per heavy atom. The third kappa shape index (κ3) is 7.80. The molecule has 212 valence electrons. The van der Waals surface area contributed by atoms with Crippen LogP contribution in [0.4, 0.5) is 16.2 Å². The Balaban J connectivity index is 1.47. The number of non-ortho nitro benzene ring substituents is 1. The van der Waals surface area contributed by atoms with Gasteiger partial charge in [0.15, 0.2) is 15.8 Å². The second-order valence-corrected chi connectivity index (χ2v) is 11.8. The molecule has 3 aromatic rings. The molecule has 1 fully saturated rings. The maximum atomic E-state index is 13.1. The maximum Gasteiger partial charge on any atom is 0.338 e. The molecule has 3 amide bonds. The molecule has 0 bridgehead atoms. The van der Waals surface area contributed by atoms with E-state index in [-0.39, 0.29) is 21.6 Å². The van der Waals surface area contributed by atoms with Gasteiger partial charge in [0, 0.05) is 17.8 Å². The van der Waals surface area contributed by atoms with Gasteiger partial charge in [0.2, 0.25) is 0 Å². The van der Waals surface area contributed by atoms with Crippen LogP contribution >= 0.6 is 69.8 Å². The van der Waals surface area contributed by atoms with Crippen LogP contribution in [0, 0.1) is 13.7 Å². The second kappa shape index (κ2) is 13.7. The smallest absolute Gasteiger partial charge is 0.338 e. The van der Waals surface area contributed by atoms with Crippen LogP contribution in [0.5, 0.6) is 11.5 Å². The lowest BCUT2D eigenvalue weighted by atomic mass is 10.1. The van der Waals surface area contributed by atoms with Crippen molar-refractivity contribution in [3.8, 4) is 11.5 Å². The lowest BCUT2D eigenvalue weighted by Gasteiger charge is -2.16. The zero-order valence-corrected chi connectivity index (χ0v) is 26.3. The summed E-state index contributed by atoms with van der Waals surface area (Å²) in [5.74, 6) is 0.453. The number of hydrazine groups is 1. The van der Waals surface area contributed by atoms with Gasteiger partial charge in [-0.2, -0.15) is 5.01 Å². The van der Waals surface area contributed by atoms with E-state index < -0.39 is 16.9 Å². The highest BCUT2D eigenvalue weighted by Crippen LogP contribution is 2.38. The van der Waals surface area contributed by atoms with Gasteiger partial charge in [0.05, 0.1) is 30.1 Å². The summed E-state index contributed by atoms with van der Waals surface area (Å²) in [4.78, 5) is 36.3. The van der Waals surface area contributed by atoms with Gasteiger partial charge in [0.1, 0.15) is 6.61 Å². The minimum Gasteiger partial charge on any atom is -0.490 e. The number of benzene rings is 3. The number of rotatable bonds is 9. The number of hydrogen-bond donors (Lipinski definition) is 2. The molecule has 1 heterocycles. The first-order valence-corrected chi connectivity index (χ1v) is 14.7. The van der Waals surface area contributed by atoms with Crippen LogP contribution in [0.1, 0.15) is 18.1 Å². The molecule has 3 aromatic carbocycles. The molecule has 1 saturated heterocycles. The molecular weight excluding hydrogens is 726 g/mol. The number of nitrogens with zero attached hydrogens (tertiary/aromatic N) is 2. The standard InChI is InChI=1S/C26H19Cl2IN4O6S2/c1-2-38-21-10-15(9-20(29)23(21)39-13-14-3-6-17(7-4-14)33(36)37)11-22-24(34)32(26(40)41-22)31-25(35)30-16-5-8-18(27)19(28)12-16/h3-12H,2,13H2,1H3,(H2,30,31,35)/b22-11+. The summed E-state index contributed by atoms with van der Waals surface area (Å²) in [7, 11) is 0. The molecule has 4 rings (SSSR count). The van der Waals surface area contributed by atoms with E-state index in [0.717, 1.165) is 25.9 Å². The summed E-state index contributed by atoms with van der Waals surface area (Å²) in [5.41, 5.74) is 4.22. The predicted octanol–water partition coefficient (Wildman–Crippen LogP) is 7.42. The van der Waals surface area contributed by atoms with E-state index in [4.69, 9.17) is 44.9 Å². The van der Waals surface area contributed by atoms with E-state index in [1.165, 1.54) is 24.3 Å². The molecule has 41 heavy (non-hydrogen) atoms. The Hall–Kier alpha value is -3.11. The van der Waals surface area contributed by atoms with Gasteiger partial charge in [-0.05, 0) is 101 Å². The van der Waals surface area contributed by atoms with E-state index in [0.29, 0.717) is 39.3 Å². The quantitative estimate of drug-likeness (QED) is 0.0763. The van der Waals surface area contributed by atoms with Crippen molar-refractivity contribution >= 4 is 103 Å². The summed E-state index contributed by atoms with van der Waals surface area (Å²) in [5, 5.41) is 15.0. The number of hydrogen-bond acceptors (Lipinski definition) is 8. The molecule has 1 aliphatic rings. The zero-order valence-electron chi connectivity index (χ0n) is 21.0. The van der Waals surface area contributed by atoms with Crippen LogP contribution in [-0.2, 0) is 11.4 Å². The van der Waals surface area contributed by atoms with Crippen molar-refractivity contribution in [3.05, 3.63) is 94.4 Å². The first-order chi connectivity index (χ1) is 19.5. The maximum absolute atomic E-state index is 13.1. The normalized spacial score (nSPS) is 13.9. The highest BCUT2D eigenvalue weighted by molar-refractivity contribution is 14.1. The van der Waals surface area contributed by atoms with Crippen molar-refractivity contribution < 1.29 is 24.0 Å². The average Bonchev–Trinajstić information content (AvgIpc) is 3.17. The number of carbonyl (C=O) groups excluding carboxylic acids is 2. The molecule has 2 N–H and O–H groups in total. The van der Waals surface area contributed by atoms with Crippen molar-refractivity contribution in [1.29, 1.82) is 0 Å². The van der Waals surface area contributed by atoms with Crippen LogP contribution < -0.4 is 20.2 Å². The Morgan fingerprint density at radius 2 is 1.88 bits per heavy atom. The van der Waals surface area contributed by atoms with Crippen LogP contribution in [-0.4, -0.2) is 32.8 Å². The van der Waals surface area contributed by atoms with Gasteiger partial charge in [-0.25, -0.2) is 10.2 Å². The number of amides is 3. The van der Waals surface area contributed by atoms with E-state index in [9.17, 15) is 19.7 Å². The molecule has 0 aliphatic carbocycles. The number of nitro benzene ring substituents is 1. The highest BCUT2D eigenvalue weighted by atomic mass is 127. The van der Waals surface area contributed by atoms with Crippen LogP contribution in [0.15, 0.2) is 59.5 Å². The number of nitrogens with one attached hydrogen (secondary N) is 2. The number of anilines is 1. The fourth-order valence-electron chi connectivity index (χ4n) is 3.49. The molecule has 15 heteroatoms. The van der Waals surface area contributed by atoms with E-state index in [1.807, 2.05) is 13.0 Å². The summed E-state index contributed by atoms with van der Waals surface area (Å²) < 4.78 is 12.7. The van der Waals surface area contributed by atoms with Crippen molar-refractivity contribution in [1.82, 2.24) is 10.4 Å². The van der Waals surface area contributed by atoms with E-state index >= 15 is 0 Å². The molecule has 0 unspecified atom stereocenters. The largest absolute Gasteiger partial charge is 0.490 e. The third-order valence-corrected chi connectivity index (χ3v) is 8.19. The van der Waals surface area contributed by atoms with Gasteiger partial charge >= 0.3 is 6.03 Å². The Kier molecular flexibility index (Phi) is 10.3. The number of nitro groups is 1. The number of urea groups is 1. The summed E-state index contributed by atoms with van der Waals surface area (Å²) in [6, 6.07) is 13.5. The van der Waals surface area contributed by atoms with Crippen molar-refractivity contribution in [2.24, 2.45) is 0 Å². The highest BCUT2D eigenvalue weighted by Gasteiger charge is 2.34. The summed E-state index contributed by atoms with van der Waals surface area (Å²) in [6.45, 7) is 2.37. The Labute approximate surface area is 267 Å². The monoisotopic (exact) mass is 744 g/mol. The molecule has 0 atom stereocenters. The molecular formula is C26H19Cl2IN4O6S2. The van der Waals surface area contributed by atoms with E-state index in [2.05, 4.69) is 33.3 Å². The fraction of sp³-hybridized carbons (Fsp3) is 0.115. The number of ether oxygens (including phenoxy) is 2. The number of thioether (sulfide) groups is 1. The van der Waals surface area contributed by atoms with Crippen LogP contribution in [0.2, 0.25) is 10.0 Å². The Morgan fingerprint density at radius 1 is 1.15 bits per heavy atom. The van der Waals surface area contributed by atoms with Gasteiger partial charge in [-0.15, -0.1) is 0 Å². The molecule has 0 spiro atoms. The average molecular weight is 745 g/mol. The van der Waals surface area contributed by atoms with Gasteiger partial charge < -0.3 is 14.8 Å². The third-order valence-electron chi connectivity index (χ3n) is 5.34. The first-order valence-electron chi connectivity index (χ1n) is 11.7. The molecule has 1 aliphatic heterocycles. The van der Waals surface area contributed by atoms with E-state index in [1.54, 1.807) is 30.3 Å². The van der Waals surface area contributed by atoms with Crippen molar-refractivity contribution in [2.45, 2.75) is 13.5 Å². The fourth-order valence-corrected chi connectivity index (χ4v) is 5.75. The SMILES string of the molecule is CCOc1cc(/C=C2/SC(=S)N(NC(=O)Nc3ccc(Cl)c(Cl)c3)C2=O)cc(I)c1OCc1ccc([N+](=O)[O-])cc1. The lowest BCUT2D eigenvalue weighted by Crippen LogP contribution is -2.46. The first kappa shape index (κ1) is 30.8. The number of carbonyl (C=O) groups is 2. The van der Waals surface area contributed by atoms with Crippen LogP contribution in [0.25, 0.3) is 6.08 Å². The van der Waals surface area contributed by atoms with Crippen LogP contribution in [0.3, 0.4) is 0 Å². The summed E-state index contributed by atoms with van der Waals surface area (Å²) >= 11 is 20.3. The topological polar surface area (TPSA) is 123 Å². The molecule has 0 radical (unpaired) electrons. The molecule has 10 nitrogen and oxygen atoms in total. The van der Waals surface area contributed by atoms with Crippen molar-refractivity contribution in [3.63, 3.8) is 0 Å². The molecule has 0 saturated carbocycles. The Bertz CT molecular complexity index is 1570. The lowest BCUT2D eigenvalue weighted by molar-refractivity contribution is -0.384. The predicted molar refractivity (Wildman–Crippen MR) is 171 cm³/mol. The number of thiocarbonyl (C=S) groups is 1. The number of halogens is 3. The minimum atomic E-state index is -0.691. The van der Waals surface area contributed by atoms with Crippen molar-refractivity contribution in [2.75, 3.05) is 11.9 Å². The minimum absolute atomic E-state index is 0.00426.